The van der Waals surface area contributed by atoms with E-state index in [1.54, 1.807) is 0 Å². The molecule has 6 heteroatoms. The molecule has 0 unspecified atom stereocenters. The number of benzene rings is 1. The monoisotopic (exact) mass is 340 g/mol. The van der Waals surface area contributed by atoms with E-state index in [0.29, 0.717) is 17.2 Å². The van der Waals surface area contributed by atoms with Gasteiger partial charge in [0.1, 0.15) is 0 Å². The van der Waals surface area contributed by atoms with Crippen molar-refractivity contribution < 1.29 is 14.8 Å². The van der Waals surface area contributed by atoms with Crippen LogP contribution < -0.4 is 5.32 Å². The van der Waals surface area contributed by atoms with Crippen LogP contribution in [0.4, 0.5) is 11.4 Å². The summed E-state index contributed by atoms with van der Waals surface area (Å²) in [6, 6.07) is 2.82. The number of nitrogens with one attached hydrogen (secondary N) is 1. The summed E-state index contributed by atoms with van der Waals surface area (Å²) in [4.78, 5) is 22.8. The van der Waals surface area contributed by atoms with Crippen molar-refractivity contribution in [3.8, 4) is 0 Å². The highest BCUT2D eigenvalue weighted by Gasteiger charge is 2.44. The first-order valence-electron chi connectivity index (χ1n) is 8.70. The van der Waals surface area contributed by atoms with Crippen LogP contribution in [0.15, 0.2) is 36.4 Å². The van der Waals surface area contributed by atoms with E-state index in [4.69, 9.17) is 0 Å². The molecule has 2 N–H and O–H groups in total. The minimum absolute atomic E-state index is 0.0102. The maximum atomic E-state index is 11.7. The third-order valence-corrected chi connectivity index (χ3v) is 5.79. The Morgan fingerprint density at radius 1 is 1.24 bits per heavy atom. The number of nitrogens with zero attached hydrogens (tertiary/aromatic N) is 1. The molecule has 0 spiro atoms. The molecule has 4 rings (SSSR count). The molecule has 130 valence electrons. The Hall–Kier alpha value is -2.63. The Morgan fingerprint density at radius 2 is 2.08 bits per heavy atom. The summed E-state index contributed by atoms with van der Waals surface area (Å²) in [5, 5.41) is 24.5. The maximum absolute atomic E-state index is 11.7. The molecule has 6 nitrogen and oxygen atoms in total. The van der Waals surface area contributed by atoms with Crippen molar-refractivity contribution in [3.63, 3.8) is 0 Å². The van der Waals surface area contributed by atoms with Crippen molar-refractivity contribution in [2.75, 3.05) is 5.32 Å². The second-order valence-electron chi connectivity index (χ2n) is 7.05. The van der Waals surface area contributed by atoms with Crippen molar-refractivity contribution in [3.05, 3.63) is 57.7 Å². The number of hydrogen-bond donors (Lipinski definition) is 2. The first kappa shape index (κ1) is 15.9. The van der Waals surface area contributed by atoms with Crippen LogP contribution in [0.2, 0.25) is 0 Å². The molecule has 3 aliphatic rings. The van der Waals surface area contributed by atoms with Crippen LogP contribution in [0.3, 0.4) is 0 Å². The minimum Gasteiger partial charge on any atom is -0.478 e. The van der Waals surface area contributed by atoms with Crippen molar-refractivity contribution in [1.29, 1.82) is 0 Å². The van der Waals surface area contributed by atoms with Crippen LogP contribution in [0.25, 0.3) is 0 Å². The van der Waals surface area contributed by atoms with Crippen LogP contribution in [0.1, 0.15) is 47.5 Å². The number of nitro benzene ring substituents is 1. The summed E-state index contributed by atoms with van der Waals surface area (Å²) < 4.78 is 0. The van der Waals surface area contributed by atoms with Gasteiger partial charge in [-0.15, -0.1) is 0 Å². The van der Waals surface area contributed by atoms with Gasteiger partial charge in [0.2, 0.25) is 0 Å². The number of anilines is 1. The molecule has 4 atom stereocenters. The van der Waals surface area contributed by atoms with Crippen LogP contribution >= 0.6 is 0 Å². The number of allylic oxidation sites excluding steroid dienone is 4. The molecule has 0 aromatic heterocycles. The molecule has 0 saturated heterocycles. The fourth-order valence-electron chi connectivity index (χ4n) is 4.68. The molecule has 1 heterocycles. The average Bonchev–Trinajstić information content (AvgIpc) is 3.10. The van der Waals surface area contributed by atoms with Crippen molar-refractivity contribution >= 4 is 17.3 Å². The van der Waals surface area contributed by atoms with Gasteiger partial charge in [-0.1, -0.05) is 24.3 Å². The molecule has 1 aromatic rings. The highest BCUT2D eigenvalue weighted by atomic mass is 16.6. The second kappa shape index (κ2) is 6.02. The quantitative estimate of drug-likeness (QED) is 0.491. The summed E-state index contributed by atoms with van der Waals surface area (Å²) in [7, 11) is 0. The van der Waals surface area contributed by atoms with Gasteiger partial charge in [0, 0.05) is 18.0 Å². The van der Waals surface area contributed by atoms with Gasteiger partial charge in [0.25, 0.3) is 5.69 Å². The maximum Gasteiger partial charge on any atom is 0.337 e. The highest BCUT2D eigenvalue weighted by molar-refractivity contribution is 5.97. The zero-order chi connectivity index (χ0) is 17.6. The van der Waals surface area contributed by atoms with Crippen molar-refractivity contribution in [2.45, 2.75) is 37.6 Å². The Balaban J connectivity index is 1.85. The number of nitro groups is 1. The average molecular weight is 340 g/mol. The van der Waals surface area contributed by atoms with Gasteiger partial charge in [-0.25, -0.2) is 4.79 Å². The lowest BCUT2D eigenvalue weighted by molar-refractivity contribution is -0.385. The second-order valence-corrected chi connectivity index (χ2v) is 7.05. The number of hydrogen-bond acceptors (Lipinski definition) is 4. The summed E-state index contributed by atoms with van der Waals surface area (Å²) in [6.07, 6.45) is 12.4. The summed E-state index contributed by atoms with van der Waals surface area (Å²) in [5.41, 5.74) is 1.10. The number of fused-ring (bicyclic) bond motifs is 3. The zero-order valence-electron chi connectivity index (χ0n) is 13.7. The van der Waals surface area contributed by atoms with Crippen LogP contribution in [-0.4, -0.2) is 22.0 Å². The van der Waals surface area contributed by atoms with Crippen LogP contribution in [-0.2, 0) is 0 Å². The summed E-state index contributed by atoms with van der Waals surface area (Å²) in [5.74, 6) is -0.480. The first-order valence-corrected chi connectivity index (χ1v) is 8.70. The third-order valence-electron chi connectivity index (χ3n) is 5.79. The van der Waals surface area contributed by atoms with Gasteiger partial charge < -0.3 is 10.4 Å². The first-order chi connectivity index (χ1) is 12.1. The lowest BCUT2D eigenvalue weighted by atomic mass is 9.71. The summed E-state index contributed by atoms with van der Waals surface area (Å²) >= 11 is 0. The molecule has 0 radical (unpaired) electrons. The van der Waals surface area contributed by atoms with E-state index < -0.39 is 10.9 Å². The zero-order valence-corrected chi connectivity index (χ0v) is 13.7. The van der Waals surface area contributed by atoms with Gasteiger partial charge in [-0.05, 0) is 43.6 Å². The van der Waals surface area contributed by atoms with E-state index in [0.717, 1.165) is 25.7 Å². The molecule has 0 bridgehead atoms. The normalized spacial score (nSPS) is 29.6. The Morgan fingerprint density at radius 3 is 2.76 bits per heavy atom. The molecule has 0 amide bonds. The van der Waals surface area contributed by atoms with Gasteiger partial charge in [-0.3, -0.25) is 10.1 Å². The predicted molar refractivity (Wildman–Crippen MR) is 93.9 cm³/mol. The number of rotatable bonds is 3. The molecule has 1 aromatic carbocycles. The molecular formula is C19H20N2O4. The van der Waals surface area contributed by atoms with Gasteiger partial charge >= 0.3 is 5.97 Å². The van der Waals surface area contributed by atoms with E-state index >= 15 is 0 Å². The topological polar surface area (TPSA) is 92.5 Å². The van der Waals surface area contributed by atoms with Gasteiger partial charge in [-0.2, -0.15) is 0 Å². The van der Waals surface area contributed by atoms with Gasteiger partial charge in [0.05, 0.1) is 21.7 Å². The van der Waals surface area contributed by atoms with Crippen LogP contribution in [0, 0.1) is 22.0 Å². The molecule has 0 fully saturated rings. The molecular weight excluding hydrogens is 320 g/mol. The van der Waals surface area contributed by atoms with E-state index in [1.165, 1.54) is 12.1 Å². The number of carbonyl (C=O) groups is 1. The Bertz CT molecular complexity index is 799. The number of carboxylic acid groups (broad SMARTS) is 1. The van der Waals surface area contributed by atoms with Crippen LogP contribution in [0.5, 0.6) is 0 Å². The molecule has 2 aliphatic carbocycles. The number of carboxylic acids is 1. The van der Waals surface area contributed by atoms with E-state index in [9.17, 15) is 20.0 Å². The lowest BCUT2D eigenvalue weighted by Crippen LogP contribution is -2.42. The SMILES string of the molecule is O=C(O)c1ccc([N+](=O)[O-])c2c1N[C@H]([C@@H]1CC=CCC1)[C@H]1CC=C[C@H]21. The van der Waals surface area contributed by atoms with Crippen molar-refractivity contribution in [1.82, 2.24) is 0 Å². The Labute approximate surface area is 145 Å². The van der Waals surface area contributed by atoms with Crippen molar-refractivity contribution in [2.24, 2.45) is 11.8 Å². The predicted octanol–water partition coefficient (Wildman–Crippen LogP) is 4.10. The smallest absolute Gasteiger partial charge is 0.337 e. The van der Waals surface area contributed by atoms with Gasteiger partial charge in [0.15, 0.2) is 0 Å². The number of aromatic carboxylic acids is 1. The third kappa shape index (κ3) is 2.52. The lowest BCUT2D eigenvalue weighted by Gasteiger charge is -2.42. The van der Waals surface area contributed by atoms with E-state index in [-0.39, 0.29) is 29.1 Å². The Kier molecular flexibility index (Phi) is 3.82. The summed E-state index contributed by atoms with van der Waals surface area (Å²) in [6.45, 7) is 0. The fourth-order valence-corrected chi connectivity index (χ4v) is 4.68. The fraction of sp³-hybridized carbons (Fsp3) is 0.421. The molecule has 25 heavy (non-hydrogen) atoms. The van der Waals surface area contributed by atoms with E-state index in [2.05, 4.69) is 23.5 Å². The minimum atomic E-state index is -1.05. The molecule has 0 saturated carbocycles. The standard InChI is InChI=1S/C19H20N2O4/c22-19(23)14-9-10-15(21(24)25)16-12-7-4-8-13(12)17(20-18(14)16)11-5-2-1-3-6-11/h1-2,4,7,9-13,17,20H,3,5-6,8H2,(H,22,23)/t11-,12+,13+,17-/m1/s1. The van der Waals surface area contributed by atoms with E-state index in [1.807, 2.05) is 6.08 Å². The largest absolute Gasteiger partial charge is 0.478 e. The highest BCUT2D eigenvalue weighted by Crippen LogP contribution is 2.51. The molecule has 1 aliphatic heterocycles.